The van der Waals surface area contributed by atoms with Crippen LogP contribution in [-0.4, -0.2) is 5.34 Å². The Hall–Kier alpha value is 1.13. The summed E-state index contributed by atoms with van der Waals surface area (Å²) in [6, 6.07) is 0. The van der Waals surface area contributed by atoms with Crippen LogP contribution in [-0.2, 0) is 19.5 Å². The van der Waals surface area contributed by atoms with Crippen molar-refractivity contribution in [2.45, 2.75) is 0 Å². The summed E-state index contributed by atoms with van der Waals surface area (Å²) in [6.45, 7) is 0. The van der Waals surface area contributed by atoms with Gasteiger partial charge in [-0.05, 0) is 0 Å². The van der Waals surface area contributed by atoms with Crippen molar-refractivity contribution in [2.24, 2.45) is 0 Å². The van der Waals surface area contributed by atoms with Gasteiger partial charge < -0.3 is 0 Å². The van der Waals surface area contributed by atoms with Gasteiger partial charge in [-0.1, -0.05) is 0 Å². The molecule has 0 aliphatic heterocycles. The van der Waals surface area contributed by atoms with Crippen LogP contribution in [0.4, 0.5) is 4.70 Å². The summed E-state index contributed by atoms with van der Waals surface area (Å²) in [5, 5.41) is 0.194. The van der Waals surface area contributed by atoms with Crippen molar-refractivity contribution in [3.63, 3.8) is 0 Å². The normalized spacial score (nSPS) is 3.60. The maximum Gasteiger partial charge on any atom is 0.0967 e. The van der Waals surface area contributed by atoms with Gasteiger partial charge in [-0.2, -0.15) is 0 Å². The number of alkyl halides is 2. The van der Waals surface area contributed by atoms with E-state index in [4.69, 9.17) is 23.2 Å². The monoisotopic (exact) mass is 206 g/mol. The number of halogens is 3. The quantitative estimate of drug-likeness (QED) is 0.416. The first-order valence-electron chi connectivity index (χ1n) is 0.535. The third kappa shape index (κ3) is 39.2. The van der Waals surface area contributed by atoms with Crippen LogP contribution >= 0.6 is 23.2 Å². The summed E-state index contributed by atoms with van der Waals surface area (Å²) in [5.41, 5.74) is 0. The molecule has 4 heteroatoms. The second-order valence-corrected chi connectivity index (χ2v) is 0.909. The van der Waals surface area contributed by atoms with Crippen LogP contribution in [0.3, 0.4) is 0 Å². The Bertz CT molecular complexity index is 9.61. The van der Waals surface area contributed by atoms with E-state index in [-0.39, 0.29) is 29.5 Å². The van der Waals surface area contributed by atoms with E-state index in [1.54, 1.807) is 0 Å². The Balaban J connectivity index is -0.0000000200. The van der Waals surface area contributed by atoms with Crippen LogP contribution in [0.5, 0.6) is 0 Å². The van der Waals surface area contributed by atoms with Gasteiger partial charge in [-0.25, -0.2) is 0 Å². The van der Waals surface area contributed by atoms with Crippen LogP contribution in [0.1, 0.15) is 0 Å². The minimum absolute atomic E-state index is 0. The summed E-state index contributed by atoms with van der Waals surface area (Å²) >= 11 is 9.53. The van der Waals surface area contributed by atoms with Gasteiger partial charge in [0, 0.05) is 19.5 Å². The predicted molar refractivity (Wildman–Crippen MR) is 19.1 cm³/mol. The van der Waals surface area contributed by atoms with E-state index >= 15 is 0 Å². The molecule has 0 atom stereocenters. The van der Waals surface area contributed by atoms with E-state index in [1.807, 2.05) is 0 Å². The molecule has 0 nitrogen and oxygen atoms in total. The molecule has 0 aliphatic carbocycles. The fourth-order valence-electron chi connectivity index (χ4n) is 0. The molecular weight excluding hydrogens is 203 g/mol. The first kappa shape index (κ1) is 16.5. The van der Waals surface area contributed by atoms with E-state index in [2.05, 4.69) is 0 Å². The minimum atomic E-state index is 0. The van der Waals surface area contributed by atoms with Crippen molar-refractivity contribution in [3.8, 4) is 0 Å². The summed E-state index contributed by atoms with van der Waals surface area (Å²) in [6.07, 6.45) is 0. The zero-order chi connectivity index (χ0) is 2.71. The van der Waals surface area contributed by atoms with Gasteiger partial charge in [0.15, 0.2) is 0 Å². The molecule has 0 aromatic rings. The standard InChI is InChI=1S/CH2Cl2.FH.Ru/c2-1-3;;/h1H2;1H;. The van der Waals surface area contributed by atoms with Gasteiger partial charge in [0.25, 0.3) is 0 Å². The van der Waals surface area contributed by atoms with Crippen LogP contribution in [0.2, 0.25) is 0 Å². The molecule has 0 unspecified atom stereocenters. The fraction of sp³-hybridized carbons (Fsp3) is 1.00. The fourth-order valence-corrected chi connectivity index (χ4v) is 0. The molecule has 0 rings (SSSR count). The molecule has 0 aromatic carbocycles. The molecule has 0 spiro atoms. The van der Waals surface area contributed by atoms with E-state index in [1.165, 1.54) is 0 Å². The number of hydrogen-bond donors (Lipinski definition) is 0. The van der Waals surface area contributed by atoms with E-state index in [0.717, 1.165) is 0 Å². The largest absolute Gasteiger partial charge is 0.269 e. The number of rotatable bonds is 0. The summed E-state index contributed by atoms with van der Waals surface area (Å²) in [7, 11) is 0. The molecular formula is CH3Cl2FRu. The molecule has 0 aliphatic rings. The molecule has 0 heterocycles. The summed E-state index contributed by atoms with van der Waals surface area (Å²) < 4.78 is 0. The molecule has 36 valence electrons. The second kappa shape index (κ2) is 19.3. The van der Waals surface area contributed by atoms with Crippen molar-refractivity contribution in [3.05, 3.63) is 0 Å². The van der Waals surface area contributed by atoms with Crippen LogP contribution < -0.4 is 0 Å². The molecule has 5 heavy (non-hydrogen) atoms. The van der Waals surface area contributed by atoms with Gasteiger partial charge in [-0.15, -0.1) is 23.2 Å². The molecule has 0 amide bonds. The third-order valence-corrected chi connectivity index (χ3v) is 0. The topological polar surface area (TPSA) is 0 Å². The minimum Gasteiger partial charge on any atom is -0.269 e. The van der Waals surface area contributed by atoms with Crippen molar-refractivity contribution in [2.75, 3.05) is 5.34 Å². The molecule has 0 saturated carbocycles. The van der Waals surface area contributed by atoms with Crippen molar-refractivity contribution >= 4 is 23.2 Å². The van der Waals surface area contributed by atoms with Crippen molar-refractivity contribution in [1.29, 1.82) is 0 Å². The van der Waals surface area contributed by atoms with Gasteiger partial charge in [0.2, 0.25) is 0 Å². The maximum atomic E-state index is 4.76. The van der Waals surface area contributed by atoms with Gasteiger partial charge >= 0.3 is 0 Å². The van der Waals surface area contributed by atoms with E-state index in [0.29, 0.717) is 0 Å². The zero-order valence-electron chi connectivity index (χ0n) is 2.22. The maximum absolute atomic E-state index is 4.76. The molecule has 0 bridgehead atoms. The first-order chi connectivity index (χ1) is 1.41. The Morgan fingerprint density at radius 2 is 1.20 bits per heavy atom. The molecule has 0 aromatic heterocycles. The average molecular weight is 206 g/mol. The second-order valence-electron chi connectivity index (χ2n) is 0.101. The van der Waals surface area contributed by atoms with Crippen molar-refractivity contribution in [1.82, 2.24) is 0 Å². The number of hydrogen-bond acceptors (Lipinski definition) is 0. The van der Waals surface area contributed by atoms with Crippen LogP contribution in [0.25, 0.3) is 0 Å². The Labute approximate surface area is 53.0 Å². The third-order valence-electron chi connectivity index (χ3n) is 0. The first-order valence-corrected chi connectivity index (χ1v) is 1.60. The summed E-state index contributed by atoms with van der Waals surface area (Å²) in [4.78, 5) is 0. The molecule has 0 fully saturated rings. The van der Waals surface area contributed by atoms with Crippen molar-refractivity contribution < 1.29 is 24.2 Å². The smallest absolute Gasteiger partial charge is 0.0967 e. The average Bonchev–Trinajstić information content (AvgIpc) is 0.918. The Morgan fingerprint density at radius 3 is 1.20 bits per heavy atom. The molecule has 0 radical (unpaired) electrons. The molecule has 0 N–H and O–H groups in total. The van der Waals surface area contributed by atoms with Gasteiger partial charge in [-0.3, -0.25) is 4.70 Å². The van der Waals surface area contributed by atoms with E-state index in [9.17, 15) is 0 Å². The zero-order valence-corrected chi connectivity index (χ0v) is 5.47. The Morgan fingerprint density at radius 1 is 1.20 bits per heavy atom. The van der Waals surface area contributed by atoms with Gasteiger partial charge in [0.1, 0.15) is 0 Å². The van der Waals surface area contributed by atoms with E-state index < -0.39 is 0 Å². The SMILES string of the molecule is ClCCl.F.[Ru]. The van der Waals surface area contributed by atoms with Crippen LogP contribution in [0, 0.1) is 0 Å². The van der Waals surface area contributed by atoms with Gasteiger partial charge in [0.05, 0.1) is 5.34 Å². The molecule has 0 saturated heterocycles. The summed E-state index contributed by atoms with van der Waals surface area (Å²) in [5.74, 6) is 0. The predicted octanol–water partition coefficient (Wildman–Crippen LogP) is 1.57. The van der Waals surface area contributed by atoms with Crippen LogP contribution in [0.15, 0.2) is 0 Å². The Kier molecular flexibility index (Phi) is 63.4.